The van der Waals surface area contributed by atoms with E-state index in [1.165, 1.54) is 0 Å². The van der Waals surface area contributed by atoms with Crippen molar-refractivity contribution in [2.75, 3.05) is 26.4 Å². The largest absolute Gasteiger partial charge is 0.373 e. The van der Waals surface area contributed by atoms with Crippen LogP contribution in [0.5, 0.6) is 0 Å². The van der Waals surface area contributed by atoms with Gasteiger partial charge in [0.05, 0.1) is 38.6 Å². The summed E-state index contributed by atoms with van der Waals surface area (Å²) in [6.45, 7) is 10.1. The van der Waals surface area contributed by atoms with Crippen LogP contribution in [0.4, 0.5) is 0 Å². The van der Waals surface area contributed by atoms with Gasteiger partial charge in [-0.2, -0.15) is 0 Å². The van der Waals surface area contributed by atoms with Gasteiger partial charge in [0.2, 0.25) is 0 Å². The van der Waals surface area contributed by atoms with Gasteiger partial charge in [0.1, 0.15) is 12.2 Å². The molecule has 0 aromatic heterocycles. The van der Waals surface area contributed by atoms with Crippen molar-refractivity contribution in [3.63, 3.8) is 0 Å². The summed E-state index contributed by atoms with van der Waals surface area (Å²) in [5, 5.41) is 18.9. The van der Waals surface area contributed by atoms with Gasteiger partial charge in [0.25, 0.3) is 10.2 Å². The molecule has 4 fully saturated rings. The lowest BCUT2D eigenvalue weighted by atomic mass is 9.90. The lowest BCUT2D eigenvalue weighted by Gasteiger charge is -2.18. The minimum Gasteiger partial charge on any atom is -0.373 e. The van der Waals surface area contributed by atoms with Crippen LogP contribution in [0.1, 0.15) is 42.5 Å². The first-order valence-corrected chi connectivity index (χ1v) is 10.3. The van der Waals surface area contributed by atoms with Crippen molar-refractivity contribution < 1.29 is 38.8 Å². The van der Waals surface area contributed by atoms with Gasteiger partial charge in [-0.15, -0.1) is 20.2 Å². The zero-order valence-electron chi connectivity index (χ0n) is 17.6. The molecule has 4 saturated heterocycles. The van der Waals surface area contributed by atoms with E-state index in [0.29, 0.717) is 36.9 Å². The number of nitrogens with zero attached hydrogens (tertiary/aromatic N) is 2. The predicted octanol–water partition coefficient (Wildman–Crippen LogP) is 2.54. The molecule has 188 valence electrons. The Morgan fingerprint density at radius 2 is 0.969 bits per heavy atom. The number of fused-ring (bicyclic) bond motifs is 2. The van der Waals surface area contributed by atoms with Gasteiger partial charge in [0.15, 0.2) is 12.2 Å². The Labute approximate surface area is 189 Å². The van der Waals surface area contributed by atoms with Crippen molar-refractivity contribution in [1.82, 2.24) is 0 Å². The van der Waals surface area contributed by atoms with Gasteiger partial charge in [-0.25, -0.2) is 0 Å². The quantitative estimate of drug-likeness (QED) is 0.423. The molecule has 0 unspecified atom stereocenters. The fourth-order valence-corrected chi connectivity index (χ4v) is 4.53. The van der Waals surface area contributed by atoms with E-state index in [4.69, 9.17) is 18.9 Å². The average molecular weight is 467 g/mol. The van der Waals surface area contributed by atoms with Gasteiger partial charge >= 0.3 is 0 Å². The number of hydrogen-bond acceptors (Lipinski definition) is 10. The van der Waals surface area contributed by atoms with Crippen LogP contribution in [0.25, 0.3) is 0 Å². The lowest BCUT2D eigenvalue weighted by molar-refractivity contribution is -0.769. The van der Waals surface area contributed by atoms with Gasteiger partial charge in [-0.05, 0) is 11.8 Å². The molecule has 12 nitrogen and oxygen atoms in total. The molecule has 0 N–H and O–H groups in total. The van der Waals surface area contributed by atoms with E-state index < -0.39 is 22.4 Å². The highest BCUT2D eigenvalue weighted by atomic mass is 17.0. The van der Waals surface area contributed by atoms with Gasteiger partial charge in [-0.1, -0.05) is 42.5 Å². The first kappa shape index (κ1) is 28.3. The van der Waals surface area contributed by atoms with E-state index in [-0.39, 0.29) is 52.5 Å². The zero-order valence-corrected chi connectivity index (χ0v) is 17.6. The first-order valence-electron chi connectivity index (χ1n) is 10.3. The molecule has 0 amide bonds. The minimum absolute atomic E-state index is 0. The third kappa shape index (κ3) is 6.18. The van der Waals surface area contributed by atoms with Crippen molar-refractivity contribution in [3.05, 3.63) is 20.2 Å². The van der Waals surface area contributed by atoms with Gasteiger partial charge < -0.3 is 28.6 Å². The maximum absolute atomic E-state index is 10.2. The van der Waals surface area contributed by atoms with Crippen molar-refractivity contribution in [2.24, 2.45) is 23.7 Å². The molecular formula is C20H38N2O10. The van der Waals surface area contributed by atoms with Crippen LogP contribution in [-0.2, 0) is 28.6 Å². The molecule has 12 heteroatoms. The fourth-order valence-electron chi connectivity index (χ4n) is 4.53. The maximum atomic E-state index is 10.2. The third-order valence-corrected chi connectivity index (χ3v) is 6.25. The zero-order chi connectivity index (χ0) is 22.0. The molecule has 32 heavy (non-hydrogen) atoms. The fraction of sp³-hybridized carbons (Fsp3) is 1.00. The molecule has 8 atom stereocenters. The van der Waals surface area contributed by atoms with E-state index in [1.54, 1.807) is 0 Å². The summed E-state index contributed by atoms with van der Waals surface area (Å²) in [7, 11) is 0. The number of rotatable bonds is 6. The average Bonchev–Trinajstić information content (AvgIpc) is 3.38. The lowest BCUT2D eigenvalue weighted by Crippen LogP contribution is -2.33. The van der Waals surface area contributed by atoms with Crippen LogP contribution in [0.2, 0.25) is 0 Å². The normalized spacial score (nSPS) is 36.9. The second kappa shape index (κ2) is 11.9. The molecule has 4 heterocycles. The maximum Gasteiger partial charge on any atom is 0.294 e. The molecule has 0 saturated carbocycles. The first-order chi connectivity index (χ1) is 14.2. The Hall–Kier alpha value is -1.76. The molecule has 0 aromatic carbocycles. The second-order valence-corrected chi connectivity index (χ2v) is 8.74. The minimum atomic E-state index is -0.775. The smallest absolute Gasteiger partial charge is 0.294 e. The summed E-state index contributed by atoms with van der Waals surface area (Å²) >= 11 is 0. The molecule has 0 aliphatic carbocycles. The van der Waals surface area contributed by atoms with Gasteiger partial charge in [-0.3, -0.25) is 0 Å². The van der Waals surface area contributed by atoms with Crippen LogP contribution in [-0.4, -0.2) is 73.2 Å². The number of ether oxygens (including phenoxy) is 4. The Bertz CT molecular complexity index is 567. The Kier molecular flexibility index (Phi) is 10.5. The Morgan fingerprint density at radius 3 is 1.25 bits per heavy atom. The van der Waals surface area contributed by atoms with Crippen molar-refractivity contribution in [3.8, 4) is 0 Å². The van der Waals surface area contributed by atoms with Crippen molar-refractivity contribution >= 4 is 0 Å². The summed E-state index contributed by atoms with van der Waals surface area (Å²) in [6, 6.07) is 0. The molecule has 0 bridgehead atoms. The molecular weight excluding hydrogens is 428 g/mol. The summed E-state index contributed by atoms with van der Waals surface area (Å²) < 4.78 is 22.0. The molecule has 4 aliphatic heterocycles. The Balaban J connectivity index is 0.000000301. The summed E-state index contributed by atoms with van der Waals surface area (Å²) in [4.78, 5) is 29.5. The highest BCUT2D eigenvalue weighted by Gasteiger charge is 2.51. The number of hydrogen-bond donors (Lipinski definition) is 0. The molecule has 0 spiro atoms. The monoisotopic (exact) mass is 466 g/mol. The molecule has 4 rings (SSSR count). The van der Waals surface area contributed by atoms with Crippen molar-refractivity contribution in [2.45, 2.75) is 79.2 Å². The van der Waals surface area contributed by atoms with E-state index in [0.717, 1.165) is 0 Å². The van der Waals surface area contributed by atoms with Crippen LogP contribution in [0, 0.1) is 43.9 Å². The molecule has 0 aromatic rings. The van der Waals surface area contributed by atoms with E-state index >= 15 is 0 Å². The summed E-state index contributed by atoms with van der Waals surface area (Å²) in [6.07, 6.45) is -1.77. The predicted molar refractivity (Wildman–Crippen MR) is 113 cm³/mol. The highest BCUT2D eigenvalue weighted by molar-refractivity contribution is 4.96. The van der Waals surface area contributed by atoms with Crippen LogP contribution in [0.3, 0.4) is 0 Å². The second-order valence-electron chi connectivity index (χ2n) is 8.74. The molecule has 4 aliphatic rings. The standard InChI is InChI=1S/2C9H15NO5.2CH4/c2*1-5(2)6-3-13-9-7(15-10(11)12)4-14-8(6)9;;/h2*5-9H,3-4H2,1-2H3;2*1H4/t6-,7+,8+,9+;6-,7+,8-,9-;;/m01../s1. The van der Waals surface area contributed by atoms with E-state index in [9.17, 15) is 20.2 Å². The van der Waals surface area contributed by atoms with Crippen LogP contribution in [0.15, 0.2) is 0 Å². The van der Waals surface area contributed by atoms with E-state index in [1.807, 2.05) is 0 Å². The van der Waals surface area contributed by atoms with Crippen LogP contribution >= 0.6 is 0 Å². The molecule has 0 radical (unpaired) electrons. The van der Waals surface area contributed by atoms with E-state index in [2.05, 4.69) is 37.4 Å². The summed E-state index contributed by atoms with van der Waals surface area (Å²) in [5.74, 6) is 1.54. The topological polar surface area (TPSA) is 142 Å². The highest BCUT2D eigenvalue weighted by Crippen LogP contribution is 2.37. The Morgan fingerprint density at radius 1 is 0.656 bits per heavy atom. The SMILES string of the molecule is C.C.CC(C)[C@@H]1CO[C@H]2[C@@H]1OC[C@H]2O[N+](=O)[O-].CC(C)[C@H]1CO[C@H]2[C@@H]1OC[C@@H]2O[N+](=O)[O-]. The van der Waals surface area contributed by atoms with Crippen LogP contribution < -0.4 is 0 Å². The summed E-state index contributed by atoms with van der Waals surface area (Å²) in [5.41, 5.74) is 0. The van der Waals surface area contributed by atoms with Gasteiger partial charge in [0, 0.05) is 11.8 Å². The van der Waals surface area contributed by atoms with Crippen molar-refractivity contribution in [1.29, 1.82) is 0 Å². The third-order valence-electron chi connectivity index (χ3n) is 6.25.